The first kappa shape index (κ1) is 20.1. The highest BCUT2D eigenvalue weighted by Crippen LogP contribution is 2.38. The Morgan fingerprint density at radius 2 is 1.96 bits per heavy atom. The van der Waals surface area contributed by atoms with Gasteiger partial charge in [-0.2, -0.15) is 13.2 Å². The summed E-state index contributed by atoms with van der Waals surface area (Å²) in [6.07, 6.45) is -1.38. The minimum absolute atomic E-state index is 0.0673. The van der Waals surface area contributed by atoms with Gasteiger partial charge in [0.1, 0.15) is 6.61 Å². The van der Waals surface area contributed by atoms with Crippen LogP contribution in [0.3, 0.4) is 0 Å². The second-order valence-electron chi connectivity index (χ2n) is 6.02. The predicted molar refractivity (Wildman–Crippen MR) is 97.3 cm³/mol. The molecule has 1 heterocycles. The lowest BCUT2D eigenvalue weighted by Gasteiger charge is -2.11. The van der Waals surface area contributed by atoms with Crippen molar-refractivity contribution in [1.82, 2.24) is 0 Å². The van der Waals surface area contributed by atoms with E-state index in [1.807, 2.05) is 0 Å². The topological polar surface area (TPSA) is 44.8 Å². The summed E-state index contributed by atoms with van der Waals surface area (Å²) < 4.78 is 54.3. The smallest absolute Gasteiger partial charge is 0.416 e. The lowest BCUT2D eigenvalue weighted by molar-refractivity contribution is -0.139. The largest absolute Gasteiger partial charge is 0.489 e. The van der Waals surface area contributed by atoms with Crippen LogP contribution in [0.4, 0.5) is 13.2 Å². The molecule has 0 unspecified atom stereocenters. The standard InChI is InChI=1S/C20H16ClF3O4/c21-16-10-14(11-17-19(16)27-8-2-7-26-17)12-28-18(25)6-5-13-3-1-4-15(9-13)20(22,23)24/h1,3-6,9-11H,2,7-8,12H2. The summed E-state index contributed by atoms with van der Waals surface area (Å²) in [5.74, 6) is 0.245. The van der Waals surface area contributed by atoms with E-state index in [0.29, 0.717) is 35.3 Å². The molecule has 0 amide bonds. The quantitative estimate of drug-likeness (QED) is 0.506. The van der Waals surface area contributed by atoms with Crippen LogP contribution in [0.5, 0.6) is 11.5 Å². The van der Waals surface area contributed by atoms with E-state index in [2.05, 4.69) is 0 Å². The lowest BCUT2D eigenvalue weighted by Crippen LogP contribution is -2.04. The van der Waals surface area contributed by atoms with Crippen molar-refractivity contribution in [3.8, 4) is 11.5 Å². The fraction of sp³-hybridized carbons (Fsp3) is 0.250. The highest BCUT2D eigenvalue weighted by Gasteiger charge is 2.30. The number of hydrogen-bond donors (Lipinski definition) is 0. The fourth-order valence-corrected chi connectivity index (χ4v) is 2.84. The number of ether oxygens (including phenoxy) is 3. The Kier molecular flexibility index (Phi) is 6.14. The molecule has 3 rings (SSSR count). The average Bonchev–Trinajstić information content (AvgIpc) is 2.90. The number of halogens is 4. The van der Waals surface area contributed by atoms with E-state index < -0.39 is 17.7 Å². The van der Waals surface area contributed by atoms with Crippen molar-refractivity contribution in [3.05, 3.63) is 64.2 Å². The molecular formula is C20H16ClF3O4. The number of rotatable bonds is 4. The number of carbonyl (C=O) groups excluding carboxylic acids is 1. The van der Waals surface area contributed by atoms with Crippen molar-refractivity contribution in [3.63, 3.8) is 0 Å². The third kappa shape index (κ3) is 5.19. The Labute approximate surface area is 164 Å². The molecule has 0 radical (unpaired) electrons. The number of fused-ring (bicyclic) bond motifs is 1. The number of carbonyl (C=O) groups is 1. The molecule has 0 saturated heterocycles. The number of benzene rings is 2. The molecule has 0 bridgehead atoms. The van der Waals surface area contributed by atoms with Gasteiger partial charge in [-0.15, -0.1) is 0 Å². The van der Waals surface area contributed by atoms with Crippen LogP contribution in [0.25, 0.3) is 6.08 Å². The van der Waals surface area contributed by atoms with Crippen molar-refractivity contribution >= 4 is 23.6 Å². The van der Waals surface area contributed by atoms with Gasteiger partial charge >= 0.3 is 12.1 Å². The van der Waals surface area contributed by atoms with Crippen molar-refractivity contribution < 1.29 is 32.2 Å². The third-order valence-electron chi connectivity index (χ3n) is 3.87. The first-order chi connectivity index (χ1) is 13.3. The first-order valence-electron chi connectivity index (χ1n) is 8.43. The Morgan fingerprint density at radius 1 is 1.18 bits per heavy atom. The molecule has 2 aromatic rings. The van der Waals surface area contributed by atoms with E-state index in [4.69, 9.17) is 25.8 Å². The van der Waals surface area contributed by atoms with E-state index in [-0.39, 0.29) is 12.2 Å². The molecule has 0 aromatic heterocycles. The highest BCUT2D eigenvalue weighted by molar-refractivity contribution is 6.32. The van der Waals surface area contributed by atoms with Crippen LogP contribution >= 0.6 is 11.6 Å². The zero-order valence-electron chi connectivity index (χ0n) is 14.6. The van der Waals surface area contributed by atoms with Crippen LogP contribution in [0.2, 0.25) is 5.02 Å². The van der Waals surface area contributed by atoms with Crippen molar-refractivity contribution in [1.29, 1.82) is 0 Å². The van der Waals surface area contributed by atoms with Crippen LogP contribution in [-0.2, 0) is 22.3 Å². The molecule has 0 saturated carbocycles. The number of esters is 1. The van der Waals surface area contributed by atoms with Gasteiger partial charge in [-0.3, -0.25) is 0 Å². The van der Waals surface area contributed by atoms with Crippen molar-refractivity contribution in [2.24, 2.45) is 0 Å². The van der Waals surface area contributed by atoms with Crippen LogP contribution in [0.1, 0.15) is 23.1 Å². The molecule has 0 aliphatic carbocycles. The van der Waals surface area contributed by atoms with Gasteiger partial charge < -0.3 is 14.2 Å². The van der Waals surface area contributed by atoms with E-state index >= 15 is 0 Å². The number of alkyl halides is 3. The summed E-state index contributed by atoms with van der Waals surface area (Å²) in [7, 11) is 0. The molecule has 1 aliphatic heterocycles. The molecule has 0 spiro atoms. The Morgan fingerprint density at radius 3 is 2.75 bits per heavy atom. The Balaban J connectivity index is 1.62. The summed E-state index contributed by atoms with van der Waals surface area (Å²) in [6.45, 7) is 0.926. The normalized spacial score (nSPS) is 14.0. The molecule has 0 atom stereocenters. The van der Waals surface area contributed by atoms with Gasteiger partial charge in [0.05, 0.1) is 23.8 Å². The van der Waals surface area contributed by atoms with E-state index in [0.717, 1.165) is 24.6 Å². The van der Waals surface area contributed by atoms with Crippen LogP contribution < -0.4 is 9.47 Å². The molecule has 0 fully saturated rings. The molecule has 0 N–H and O–H groups in total. The maximum atomic E-state index is 12.7. The van der Waals surface area contributed by atoms with Gasteiger partial charge in [0.2, 0.25) is 0 Å². The molecule has 4 nitrogen and oxygen atoms in total. The second kappa shape index (κ2) is 8.56. The zero-order chi connectivity index (χ0) is 20.1. The zero-order valence-corrected chi connectivity index (χ0v) is 15.3. The monoisotopic (exact) mass is 412 g/mol. The summed E-state index contributed by atoms with van der Waals surface area (Å²) in [4.78, 5) is 11.9. The van der Waals surface area contributed by atoms with Gasteiger partial charge in [0, 0.05) is 12.5 Å². The highest BCUT2D eigenvalue weighted by atomic mass is 35.5. The van der Waals surface area contributed by atoms with Crippen molar-refractivity contribution in [2.45, 2.75) is 19.2 Å². The molecule has 148 valence electrons. The molecule has 2 aromatic carbocycles. The molecule has 1 aliphatic rings. The van der Waals surface area contributed by atoms with Crippen molar-refractivity contribution in [2.75, 3.05) is 13.2 Å². The fourth-order valence-electron chi connectivity index (χ4n) is 2.55. The van der Waals surface area contributed by atoms with Gasteiger partial charge in [-0.05, 0) is 41.5 Å². The molecule has 28 heavy (non-hydrogen) atoms. The first-order valence-corrected chi connectivity index (χ1v) is 8.81. The minimum atomic E-state index is -4.44. The van der Waals surface area contributed by atoms with Crippen LogP contribution in [0, 0.1) is 0 Å². The van der Waals surface area contributed by atoms with Gasteiger partial charge in [0.15, 0.2) is 11.5 Å². The summed E-state index contributed by atoms with van der Waals surface area (Å²) in [5.41, 5.74) is 0.0605. The van der Waals surface area contributed by atoms with E-state index in [1.54, 1.807) is 12.1 Å². The van der Waals surface area contributed by atoms with E-state index in [9.17, 15) is 18.0 Å². The van der Waals surface area contributed by atoms with Gasteiger partial charge in [-0.1, -0.05) is 23.7 Å². The summed E-state index contributed by atoms with van der Waals surface area (Å²) >= 11 is 6.18. The number of hydrogen-bond acceptors (Lipinski definition) is 4. The summed E-state index contributed by atoms with van der Waals surface area (Å²) in [5, 5.41) is 0.352. The van der Waals surface area contributed by atoms with E-state index in [1.165, 1.54) is 18.2 Å². The molecular weight excluding hydrogens is 397 g/mol. The molecule has 8 heteroatoms. The minimum Gasteiger partial charge on any atom is -0.489 e. The second-order valence-corrected chi connectivity index (χ2v) is 6.43. The predicted octanol–water partition coefficient (Wildman–Crippen LogP) is 5.28. The third-order valence-corrected chi connectivity index (χ3v) is 4.15. The Bertz CT molecular complexity index is 894. The average molecular weight is 413 g/mol. The SMILES string of the molecule is O=C(C=Cc1cccc(C(F)(F)F)c1)OCc1cc(Cl)c2c(c1)OCCCO2. The van der Waals surface area contributed by atoms with Crippen LogP contribution in [0.15, 0.2) is 42.5 Å². The van der Waals surface area contributed by atoms with Crippen LogP contribution in [-0.4, -0.2) is 19.2 Å². The maximum absolute atomic E-state index is 12.7. The van der Waals surface area contributed by atoms with Gasteiger partial charge in [-0.25, -0.2) is 4.79 Å². The van der Waals surface area contributed by atoms with Gasteiger partial charge in [0.25, 0.3) is 0 Å². The Hall–Kier alpha value is -2.67. The summed E-state index contributed by atoms with van der Waals surface area (Å²) in [6, 6.07) is 7.93. The maximum Gasteiger partial charge on any atom is 0.416 e. The lowest BCUT2D eigenvalue weighted by atomic mass is 10.1.